The third-order valence-electron chi connectivity index (χ3n) is 9.32. The lowest BCUT2D eigenvalue weighted by atomic mass is 9.47. The van der Waals surface area contributed by atoms with Crippen LogP contribution in [0, 0.1) is 22.7 Å². The predicted molar refractivity (Wildman–Crippen MR) is 143 cm³/mol. The van der Waals surface area contributed by atoms with E-state index in [1.54, 1.807) is 32.9 Å². The largest absolute Gasteiger partial charge is 0.453 e. The van der Waals surface area contributed by atoms with Crippen LogP contribution in [0.3, 0.4) is 0 Å². The fourth-order valence-electron chi connectivity index (χ4n) is 6.92. The molecule has 8 heteroatoms. The van der Waals surface area contributed by atoms with E-state index >= 15 is 0 Å². The van der Waals surface area contributed by atoms with Gasteiger partial charge < -0.3 is 34.3 Å². The maximum absolute atomic E-state index is 12.5. The van der Waals surface area contributed by atoms with Gasteiger partial charge in [-0.25, -0.2) is 4.79 Å². The van der Waals surface area contributed by atoms with Crippen molar-refractivity contribution in [3.05, 3.63) is 36.0 Å². The van der Waals surface area contributed by atoms with Crippen LogP contribution in [0.1, 0.15) is 73.6 Å². The van der Waals surface area contributed by atoms with Gasteiger partial charge in [0.25, 0.3) is 0 Å². The quantitative estimate of drug-likeness (QED) is 0.177. The zero-order chi connectivity index (χ0) is 28.5. The maximum Gasteiger partial charge on any atom is 0.333 e. The second-order valence-corrected chi connectivity index (χ2v) is 12.2. The van der Waals surface area contributed by atoms with Crippen molar-refractivity contribution in [3.63, 3.8) is 0 Å². The number of ether oxygens (including phenoxy) is 3. The van der Waals surface area contributed by atoms with Crippen LogP contribution < -0.4 is 0 Å². The smallest absolute Gasteiger partial charge is 0.333 e. The molecule has 8 nitrogen and oxygen atoms in total. The highest BCUT2D eigenvalue weighted by molar-refractivity contribution is 5.87. The number of aliphatic hydroxyl groups is 3. The number of carbonyl (C=O) groups is 2. The highest BCUT2D eigenvalue weighted by atomic mass is 16.7. The van der Waals surface area contributed by atoms with E-state index in [9.17, 15) is 24.9 Å². The lowest BCUT2D eigenvalue weighted by Gasteiger charge is -2.59. The van der Waals surface area contributed by atoms with E-state index in [0.29, 0.717) is 12.0 Å². The molecule has 0 radical (unpaired) electrons. The average molecular weight is 535 g/mol. The molecule has 0 amide bonds. The normalized spacial score (nSPS) is 41.3. The van der Waals surface area contributed by atoms with Crippen LogP contribution in [0.25, 0.3) is 0 Å². The Bertz CT molecular complexity index is 954. The van der Waals surface area contributed by atoms with Gasteiger partial charge in [0.2, 0.25) is 0 Å². The molecule has 0 aromatic rings. The zero-order valence-electron chi connectivity index (χ0n) is 23.7. The molecule has 0 aromatic carbocycles. The fraction of sp³-hybridized carbons (Fsp3) is 0.733. The number of esters is 1. The molecule has 0 bridgehead atoms. The molecule has 3 aliphatic rings. The molecule has 214 valence electrons. The van der Waals surface area contributed by atoms with Gasteiger partial charge in [-0.2, -0.15) is 0 Å². The molecule has 2 aliphatic carbocycles. The van der Waals surface area contributed by atoms with Gasteiger partial charge >= 0.3 is 5.97 Å². The number of aliphatic hydroxyl groups excluding tert-OH is 2. The minimum Gasteiger partial charge on any atom is -0.453 e. The number of hydrogen-bond acceptors (Lipinski definition) is 8. The Morgan fingerprint density at radius 2 is 2.00 bits per heavy atom. The summed E-state index contributed by atoms with van der Waals surface area (Å²) in [7, 11) is 0. The molecule has 10 unspecified atom stereocenters. The number of fused-ring (bicyclic) bond motifs is 1. The van der Waals surface area contributed by atoms with Crippen molar-refractivity contribution in [1.29, 1.82) is 0 Å². The van der Waals surface area contributed by atoms with Gasteiger partial charge in [0.15, 0.2) is 12.4 Å². The van der Waals surface area contributed by atoms with Gasteiger partial charge in [0, 0.05) is 16.9 Å². The fourth-order valence-corrected chi connectivity index (χ4v) is 6.92. The first-order valence-electron chi connectivity index (χ1n) is 13.7. The van der Waals surface area contributed by atoms with Gasteiger partial charge in [-0.1, -0.05) is 44.1 Å². The first-order chi connectivity index (χ1) is 17.7. The summed E-state index contributed by atoms with van der Waals surface area (Å²) in [4.78, 5) is 24.9. The maximum atomic E-state index is 12.5. The summed E-state index contributed by atoms with van der Waals surface area (Å²) in [6.07, 6.45) is 4.44. The Balaban J connectivity index is 1.92. The van der Waals surface area contributed by atoms with Crippen LogP contribution in [-0.4, -0.2) is 70.5 Å². The van der Waals surface area contributed by atoms with Crippen molar-refractivity contribution in [2.45, 2.75) is 110 Å². The second kappa shape index (κ2) is 11.7. The molecule has 0 spiro atoms. The third kappa shape index (κ3) is 5.99. The minimum absolute atomic E-state index is 0.120. The number of allylic oxidation sites excluding steroid dienone is 2. The lowest BCUT2D eigenvalue weighted by molar-refractivity contribution is -0.293. The standard InChI is InChI=1S/C30H46O8/c1-8-18(3)26(34)38-24-21(32)16-36-27(23(24)33)37-22-15-19(4)20(11-14-29(6,35)9-2)30(7)13-10-12-28(5,17-31)25(22)30/h8-9,15,17,20-25,27,32-33,35H,2,10-14,16H2,1,3-7H3. The van der Waals surface area contributed by atoms with Crippen molar-refractivity contribution in [2.24, 2.45) is 22.7 Å². The molecule has 10 atom stereocenters. The third-order valence-corrected chi connectivity index (χ3v) is 9.32. The summed E-state index contributed by atoms with van der Waals surface area (Å²) >= 11 is 0. The Morgan fingerprint density at radius 1 is 1.32 bits per heavy atom. The molecule has 3 N–H and O–H groups in total. The van der Waals surface area contributed by atoms with Gasteiger partial charge in [0.05, 0.1) is 18.3 Å². The van der Waals surface area contributed by atoms with Crippen molar-refractivity contribution < 1.29 is 39.1 Å². The summed E-state index contributed by atoms with van der Waals surface area (Å²) in [5, 5.41) is 32.1. The van der Waals surface area contributed by atoms with Crippen molar-refractivity contribution in [2.75, 3.05) is 6.61 Å². The van der Waals surface area contributed by atoms with Crippen LogP contribution in [0.15, 0.2) is 36.0 Å². The van der Waals surface area contributed by atoms with Crippen LogP contribution in [0.4, 0.5) is 0 Å². The van der Waals surface area contributed by atoms with Crippen LogP contribution >= 0.6 is 0 Å². The molecule has 3 rings (SSSR count). The van der Waals surface area contributed by atoms with E-state index in [2.05, 4.69) is 13.5 Å². The Hall–Kier alpha value is -1.84. The van der Waals surface area contributed by atoms with Crippen LogP contribution in [0.2, 0.25) is 0 Å². The van der Waals surface area contributed by atoms with E-state index in [1.165, 1.54) is 0 Å². The number of rotatable bonds is 9. The van der Waals surface area contributed by atoms with Crippen molar-refractivity contribution >= 4 is 12.3 Å². The Labute approximate surface area is 226 Å². The van der Waals surface area contributed by atoms with E-state index in [1.807, 2.05) is 19.9 Å². The molecule has 0 aromatic heterocycles. The molecule has 2 fully saturated rings. The summed E-state index contributed by atoms with van der Waals surface area (Å²) in [5.41, 5.74) is -0.493. The van der Waals surface area contributed by atoms with Crippen LogP contribution in [0.5, 0.6) is 0 Å². The number of aldehydes is 1. The van der Waals surface area contributed by atoms with Gasteiger partial charge in [-0.15, -0.1) is 6.58 Å². The first-order valence-corrected chi connectivity index (χ1v) is 13.7. The van der Waals surface area contributed by atoms with Crippen molar-refractivity contribution in [1.82, 2.24) is 0 Å². The van der Waals surface area contributed by atoms with E-state index < -0.39 is 47.7 Å². The Kier molecular flexibility index (Phi) is 9.47. The topological polar surface area (TPSA) is 123 Å². The molecule has 1 saturated heterocycles. The van der Waals surface area contributed by atoms with Crippen molar-refractivity contribution in [3.8, 4) is 0 Å². The zero-order valence-corrected chi connectivity index (χ0v) is 23.7. The SMILES string of the molecule is C=CC(C)(O)CCC1C(C)=CC(OC2OCC(O)C(OC(=O)C(C)=CC)C2O)C2C(C)(C=O)CCCC12C. The van der Waals surface area contributed by atoms with Gasteiger partial charge in [-0.3, -0.25) is 0 Å². The molecular formula is C30H46O8. The summed E-state index contributed by atoms with van der Waals surface area (Å²) in [6.45, 7) is 14.9. The summed E-state index contributed by atoms with van der Waals surface area (Å²) in [6, 6.07) is 0. The van der Waals surface area contributed by atoms with Gasteiger partial charge in [-0.05, 0) is 64.7 Å². The molecule has 1 aliphatic heterocycles. The monoisotopic (exact) mass is 534 g/mol. The Morgan fingerprint density at radius 3 is 2.61 bits per heavy atom. The number of carbonyl (C=O) groups excluding carboxylic acids is 2. The van der Waals surface area contributed by atoms with Crippen LogP contribution in [-0.2, 0) is 23.8 Å². The predicted octanol–water partition coefficient (Wildman–Crippen LogP) is 3.63. The molecule has 1 heterocycles. The first kappa shape index (κ1) is 30.7. The molecular weight excluding hydrogens is 488 g/mol. The highest BCUT2D eigenvalue weighted by Gasteiger charge is 2.58. The average Bonchev–Trinajstić information content (AvgIpc) is 2.86. The van der Waals surface area contributed by atoms with E-state index in [0.717, 1.165) is 37.5 Å². The summed E-state index contributed by atoms with van der Waals surface area (Å²) in [5.74, 6) is -0.719. The summed E-state index contributed by atoms with van der Waals surface area (Å²) < 4.78 is 17.5. The number of hydrogen-bond donors (Lipinski definition) is 3. The highest BCUT2D eigenvalue weighted by Crippen LogP contribution is 2.61. The molecule has 1 saturated carbocycles. The lowest BCUT2D eigenvalue weighted by Crippen LogP contribution is -2.60. The van der Waals surface area contributed by atoms with Gasteiger partial charge in [0.1, 0.15) is 18.5 Å². The van der Waals surface area contributed by atoms with E-state index in [-0.39, 0.29) is 23.9 Å². The molecule has 38 heavy (non-hydrogen) atoms. The minimum atomic E-state index is -1.42. The van der Waals surface area contributed by atoms with E-state index in [4.69, 9.17) is 14.2 Å². The second-order valence-electron chi connectivity index (χ2n) is 12.2.